The van der Waals surface area contributed by atoms with E-state index in [2.05, 4.69) is 15.9 Å². The second-order valence-corrected chi connectivity index (χ2v) is 9.65. The average molecular weight is 510 g/mol. The summed E-state index contributed by atoms with van der Waals surface area (Å²) in [6.45, 7) is 3.01. The zero-order chi connectivity index (χ0) is 22.4. The van der Waals surface area contributed by atoms with Crippen LogP contribution in [0.3, 0.4) is 0 Å². The molecule has 10 heteroatoms. The number of hydrogen-bond acceptors (Lipinski definition) is 5. The first-order valence-corrected chi connectivity index (χ1v) is 12.1. The highest BCUT2D eigenvalue weighted by Gasteiger charge is 2.31. The highest BCUT2D eigenvalue weighted by Crippen LogP contribution is 2.25. The number of hydrogen-bond donors (Lipinski definition) is 0. The molecule has 0 radical (unpaired) electrons. The number of carbonyl (C=O) groups is 2. The predicted octanol–water partition coefficient (Wildman–Crippen LogP) is 2.95. The van der Waals surface area contributed by atoms with Gasteiger partial charge in [-0.15, -0.1) is 0 Å². The molecule has 166 valence electrons. The number of amides is 2. The number of piperazine rings is 1. The number of sulfonamides is 1. The number of rotatable bonds is 6. The average Bonchev–Trinajstić information content (AvgIpc) is 2.79. The number of halogens is 1. The fraction of sp³-hybridized carbons (Fsp3) is 0.333. The summed E-state index contributed by atoms with van der Waals surface area (Å²) in [4.78, 5) is 28.1. The van der Waals surface area contributed by atoms with Crippen molar-refractivity contribution in [2.75, 3.05) is 43.6 Å². The van der Waals surface area contributed by atoms with E-state index in [1.807, 2.05) is 0 Å². The lowest BCUT2D eigenvalue weighted by Crippen LogP contribution is -2.53. The minimum atomic E-state index is -3.95. The molecule has 0 spiro atoms. The highest BCUT2D eigenvalue weighted by molar-refractivity contribution is 9.10. The summed E-state index contributed by atoms with van der Waals surface area (Å²) in [7, 11) is -3.95. The van der Waals surface area contributed by atoms with E-state index in [0.717, 1.165) is 8.78 Å². The number of anilines is 1. The molecule has 31 heavy (non-hydrogen) atoms. The van der Waals surface area contributed by atoms with E-state index in [1.165, 1.54) is 12.1 Å². The summed E-state index contributed by atoms with van der Waals surface area (Å²) in [6.07, 6.45) is -0.405. The molecule has 0 unspecified atom stereocenters. The lowest BCUT2D eigenvalue weighted by atomic mass is 10.3. The first-order chi connectivity index (χ1) is 14.8. The Labute approximate surface area is 190 Å². The summed E-state index contributed by atoms with van der Waals surface area (Å²) in [5.41, 5.74) is 0.394. The molecule has 1 heterocycles. The Hall–Kier alpha value is -2.59. The maximum atomic E-state index is 13.3. The molecule has 0 aliphatic carbocycles. The van der Waals surface area contributed by atoms with E-state index in [0.29, 0.717) is 31.9 Å². The molecular formula is C21H24BrN3O5S. The maximum absolute atomic E-state index is 13.3. The van der Waals surface area contributed by atoms with Crippen LogP contribution in [0.1, 0.15) is 6.92 Å². The van der Waals surface area contributed by atoms with Crippen molar-refractivity contribution < 1.29 is 22.7 Å². The molecule has 0 saturated carbocycles. The summed E-state index contributed by atoms with van der Waals surface area (Å²) in [5.74, 6) is -0.328. The minimum absolute atomic E-state index is 0.109. The summed E-state index contributed by atoms with van der Waals surface area (Å²) in [5, 5.41) is 0. The van der Waals surface area contributed by atoms with Crippen LogP contribution in [-0.2, 0) is 19.6 Å². The van der Waals surface area contributed by atoms with Crippen LogP contribution >= 0.6 is 15.9 Å². The van der Waals surface area contributed by atoms with Crippen LogP contribution in [0.5, 0.6) is 0 Å². The van der Waals surface area contributed by atoms with E-state index in [9.17, 15) is 18.0 Å². The second kappa shape index (κ2) is 10.1. The van der Waals surface area contributed by atoms with Crippen LogP contribution in [0.25, 0.3) is 0 Å². The van der Waals surface area contributed by atoms with Gasteiger partial charge in [0.1, 0.15) is 6.54 Å². The molecule has 2 aromatic carbocycles. The molecule has 8 nitrogen and oxygen atoms in total. The molecule has 2 amide bonds. The van der Waals surface area contributed by atoms with Gasteiger partial charge in [-0.25, -0.2) is 13.2 Å². The van der Waals surface area contributed by atoms with E-state index >= 15 is 0 Å². The maximum Gasteiger partial charge on any atom is 0.409 e. The van der Waals surface area contributed by atoms with Crippen molar-refractivity contribution in [1.82, 2.24) is 9.80 Å². The third kappa shape index (κ3) is 5.56. The summed E-state index contributed by atoms with van der Waals surface area (Å²) < 4.78 is 33.6. The zero-order valence-corrected chi connectivity index (χ0v) is 19.5. The number of benzene rings is 2. The summed E-state index contributed by atoms with van der Waals surface area (Å²) in [6, 6.07) is 14.8. The molecule has 2 aromatic rings. The highest BCUT2D eigenvalue weighted by atomic mass is 79.9. The van der Waals surface area contributed by atoms with Crippen LogP contribution < -0.4 is 4.31 Å². The van der Waals surface area contributed by atoms with Crippen molar-refractivity contribution in [3.63, 3.8) is 0 Å². The zero-order valence-electron chi connectivity index (χ0n) is 17.1. The fourth-order valence-electron chi connectivity index (χ4n) is 3.22. The van der Waals surface area contributed by atoms with E-state index in [1.54, 1.807) is 59.2 Å². The van der Waals surface area contributed by atoms with Crippen molar-refractivity contribution in [2.45, 2.75) is 11.8 Å². The lowest BCUT2D eigenvalue weighted by molar-refractivity contribution is -0.131. The Bertz CT molecular complexity index is 1010. The molecule has 1 aliphatic heterocycles. The van der Waals surface area contributed by atoms with Gasteiger partial charge in [0.05, 0.1) is 17.2 Å². The Morgan fingerprint density at radius 2 is 1.55 bits per heavy atom. The molecule has 1 fully saturated rings. The third-order valence-corrected chi connectivity index (χ3v) is 7.20. The lowest BCUT2D eigenvalue weighted by Gasteiger charge is -2.35. The predicted molar refractivity (Wildman–Crippen MR) is 120 cm³/mol. The third-order valence-electron chi connectivity index (χ3n) is 4.88. The quantitative estimate of drug-likeness (QED) is 0.597. The van der Waals surface area contributed by atoms with E-state index in [-0.39, 0.29) is 24.0 Å². The van der Waals surface area contributed by atoms with Crippen molar-refractivity contribution in [3.05, 3.63) is 59.1 Å². The summed E-state index contributed by atoms with van der Waals surface area (Å²) >= 11 is 3.35. The topological polar surface area (TPSA) is 87.2 Å². The molecule has 3 rings (SSSR count). The van der Waals surface area contributed by atoms with Crippen molar-refractivity contribution >= 4 is 43.6 Å². The van der Waals surface area contributed by atoms with Gasteiger partial charge in [0.15, 0.2) is 0 Å². The van der Waals surface area contributed by atoms with Gasteiger partial charge < -0.3 is 14.5 Å². The molecule has 0 bridgehead atoms. The van der Waals surface area contributed by atoms with Crippen molar-refractivity contribution in [3.8, 4) is 0 Å². The van der Waals surface area contributed by atoms with E-state index in [4.69, 9.17) is 4.74 Å². The Kier molecular flexibility index (Phi) is 7.55. The Morgan fingerprint density at radius 3 is 2.13 bits per heavy atom. The smallest absolute Gasteiger partial charge is 0.409 e. The standard InChI is InChI=1S/C21H24BrN3O5S/c1-2-30-21(27)24-14-12-23(13-15-24)20(26)16-25(18-10-8-17(22)9-11-18)31(28,29)19-6-4-3-5-7-19/h3-11H,2,12-16H2,1H3. The number of nitrogens with zero attached hydrogens (tertiary/aromatic N) is 3. The monoisotopic (exact) mass is 509 g/mol. The Balaban J connectivity index is 1.79. The first kappa shape index (κ1) is 23.1. The SMILES string of the molecule is CCOC(=O)N1CCN(C(=O)CN(c2ccc(Br)cc2)S(=O)(=O)c2ccccc2)CC1. The van der Waals surface area contributed by atoms with Crippen LogP contribution in [0.15, 0.2) is 64.0 Å². The second-order valence-electron chi connectivity index (χ2n) is 6.87. The van der Waals surface area contributed by atoms with E-state index < -0.39 is 16.1 Å². The molecule has 0 N–H and O–H groups in total. The minimum Gasteiger partial charge on any atom is -0.450 e. The van der Waals surface area contributed by atoms with Crippen LogP contribution in [0.2, 0.25) is 0 Å². The normalized spacial score (nSPS) is 14.3. The molecule has 0 atom stereocenters. The van der Waals surface area contributed by atoms with Gasteiger partial charge >= 0.3 is 6.09 Å². The van der Waals surface area contributed by atoms with Gasteiger partial charge in [-0.1, -0.05) is 34.1 Å². The van der Waals surface area contributed by atoms with Crippen molar-refractivity contribution in [2.24, 2.45) is 0 Å². The van der Waals surface area contributed by atoms with Gasteiger partial charge in [-0.05, 0) is 43.3 Å². The largest absolute Gasteiger partial charge is 0.450 e. The fourth-order valence-corrected chi connectivity index (χ4v) is 4.92. The number of ether oxygens (including phenoxy) is 1. The first-order valence-electron chi connectivity index (χ1n) is 9.85. The van der Waals surface area contributed by atoms with Gasteiger partial charge in [0, 0.05) is 30.7 Å². The van der Waals surface area contributed by atoms with Crippen LogP contribution in [0.4, 0.5) is 10.5 Å². The number of carbonyl (C=O) groups excluding carboxylic acids is 2. The van der Waals surface area contributed by atoms with Gasteiger partial charge in [-0.2, -0.15) is 0 Å². The Morgan fingerprint density at radius 1 is 0.968 bits per heavy atom. The molecule has 1 saturated heterocycles. The molecular weight excluding hydrogens is 486 g/mol. The van der Waals surface area contributed by atoms with Gasteiger partial charge in [0.2, 0.25) is 5.91 Å². The van der Waals surface area contributed by atoms with Crippen LogP contribution in [0, 0.1) is 0 Å². The van der Waals surface area contributed by atoms with Crippen molar-refractivity contribution in [1.29, 1.82) is 0 Å². The van der Waals surface area contributed by atoms with Gasteiger partial charge in [-0.3, -0.25) is 9.10 Å². The molecule has 1 aliphatic rings. The van der Waals surface area contributed by atoms with Crippen LogP contribution in [-0.4, -0.2) is 69.5 Å². The molecule has 0 aromatic heterocycles. The van der Waals surface area contributed by atoms with Gasteiger partial charge in [0.25, 0.3) is 10.0 Å².